The van der Waals surface area contributed by atoms with Crippen molar-refractivity contribution in [1.29, 1.82) is 5.26 Å². The van der Waals surface area contributed by atoms with E-state index >= 15 is 0 Å². The Kier molecular flexibility index (Phi) is 3.47. The summed E-state index contributed by atoms with van der Waals surface area (Å²) in [7, 11) is 0. The van der Waals surface area contributed by atoms with E-state index in [-0.39, 0.29) is 5.92 Å². The summed E-state index contributed by atoms with van der Waals surface area (Å²) in [6.45, 7) is 8.95. The molecule has 1 aliphatic carbocycles. The van der Waals surface area contributed by atoms with Crippen LogP contribution in [0.2, 0.25) is 0 Å². The Bertz CT molecular complexity index is 447. The van der Waals surface area contributed by atoms with Gasteiger partial charge in [-0.2, -0.15) is 5.26 Å². The molecule has 1 saturated carbocycles. The molecule has 0 N–H and O–H groups in total. The molecule has 0 spiro atoms. The third kappa shape index (κ3) is 2.43. The maximum Gasteiger partial charge on any atom is 0.105 e. The summed E-state index contributed by atoms with van der Waals surface area (Å²) in [4.78, 5) is 4.30. The van der Waals surface area contributed by atoms with Gasteiger partial charge in [0, 0.05) is 12.4 Å². The van der Waals surface area contributed by atoms with Crippen LogP contribution in [0.15, 0.2) is 12.4 Å². The first kappa shape index (κ1) is 13.1. The Hall–Kier alpha value is -1.30. The molecule has 3 nitrogen and oxygen atoms in total. The van der Waals surface area contributed by atoms with E-state index in [1.807, 2.05) is 19.3 Å². The van der Waals surface area contributed by atoms with E-state index in [1.54, 1.807) is 0 Å². The van der Waals surface area contributed by atoms with Crippen LogP contribution < -0.4 is 0 Å². The van der Waals surface area contributed by atoms with Crippen molar-refractivity contribution in [3.05, 3.63) is 18.2 Å². The molecule has 1 aromatic rings. The van der Waals surface area contributed by atoms with E-state index in [0.29, 0.717) is 17.4 Å². The molecular weight excluding hydrogens is 222 g/mol. The smallest absolute Gasteiger partial charge is 0.105 e. The van der Waals surface area contributed by atoms with Crippen LogP contribution in [0.25, 0.3) is 0 Å². The predicted molar refractivity (Wildman–Crippen MR) is 71.9 cm³/mol. The zero-order valence-corrected chi connectivity index (χ0v) is 11.8. The molecule has 1 fully saturated rings. The Morgan fingerprint density at radius 2 is 2.11 bits per heavy atom. The van der Waals surface area contributed by atoms with E-state index in [9.17, 15) is 5.26 Å². The van der Waals surface area contributed by atoms with Crippen LogP contribution in [0, 0.1) is 35.5 Å². The summed E-state index contributed by atoms with van der Waals surface area (Å²) in [6.07, 6.45) is 7.14. The summed E-state index contributed by atoms with van der Waals surface area (Å²) in [6, 6.07) is 2.79. The molecule has 3 heteroatoms. The Morgan fingerprint density at radius 1 is 1.39 bits per heavy atom. The molecule has 3 atom stereocenters. The highest BCUT2D eigenvalue weighted by atomic mass is 15.1. The van der Waals surface area contributed by atoms with Crippen LogP contribution in [0.5, 0.6) is 0 Å². The normalized spacial score (nSPS) is 28.9. The van der Waals surface area contributed by atoms with Crippen molar-refractivity contribution in [3.63, 3.8) is 0 Å². The van der Waals surface area contributed by atoms with Crippen molar-refractivity contribution in [2.45, 2.75) is 53.0 Å². The van der Waals surface area contributed by atoms with Crippen molar-refractivity contribution in [2.24, 2.45) is 17.3 Å². The number of aryl methyl sites for hydroxylation is 1. The minimum Gasteiger partial charge on any atom is -0.331 e. The van der Waals surface area contributed by atoms with Crippen LogP contribution in [0.3, 0.4) is 0 Å². The summed E-state index contributed by atoms with van der Waals surface area (Å²) in [5.74, 6) is 1.85. The minimum absolute atomic E-state index is 0.136. The lowest BCUT2D eigenvalue weighted by Gasteiger charge is -2.40. The highest BCUT2D eigenvalue weighted by molar-refractivity contribution is 5.02. The summed E-state index contributed by atoms with van der Waals surface area (Å²) >= 11 is 0. The van der Waals surface area contributed by atoms with E-state index in [4.69, 9.17) is 0 Å². The Morgan fingerprint density at radius 3 is 2.61 bits per heavy atom. The Balaban J connectivity index is 2.25. The van der Waals surface area contributed by atoms with Gasteiger partial charge in [-0.25, -0.2) is 4.98 Å². The monoisotopic (exact) mass is 245 g/mol. The molecule has 1 aromatic heterocycles. The number of hydrogen-bond acceptors (Lipinski definition) is 2. The van der Waals surface area contributed by atoms with Gasteiger partial charge in [-0.15, -0.1) is 0 Å². The molecule has 1 aliphatic rings. The number of imidazole rings is 1. The fourth-order valence-electron chi connectivity index (χ4n) is 3.13. The lowest BCUT2D eigenvalue weighted by atomic mass is 9.68. The van der Waals surface area contributed by atoms with Crippen molar-refractivity contribution in [1.82, 2.24) is 9.55 Å². The molecule has 0 aliphatic heterocycles. The van der Waals surface area contributed by atoms with Gasteiger partial charge >= 0.3 is 0 Å². The average molecular weight is 245 g/mol. The minimum atomic E-state index is 0.136. The molecular formula is C15H23N3. The van der Waals surface area contributed by atoms with E-state index in [1.165, 1.54) is 6.42 Å². The van der Waals surface area contributed by atoms with Crippen molar-refractivity contribution >= 4 is 0 Å². The third-order valence-corrected chi connectivity index (χ3v) is 4.43. The maximum absolute atomic E-state index is 9.36. The third-order valence-electron chi connectivity index (χ3n) is 4.43. The molecule has 1 heterocycles. The number of nitriles is 1. The summed E-state index contributed by atoms with van der Waals surface area (Å²) < 4.78 is 2.20. The number of aromatic nitrogens is 2. The molecule has 0 saturated heterocycles. The first-order valence-electron chi connectivity index (χ1n) is 6.82. The van der Waals surface area contributed by atoms with Crippen LogP contribution in [-0.4, -0.2) is 9.55 Å². The lowest BCUT2D eigenvalue weighted by Crippen LogP contribution is -2.33. The van der Waals surface area contributed by atoms with Crippen molar-refractivity contribution in [3.8, 4) is 6.07 Å². The van der Waals surface area contributed by atoms with E-state index in [2.05, 4.69) is 36.4 Å². The molecule has 0 radical (unpaired) electrons. The van der Waals surface area contributed by atoms with Crippen molar-refractivity contribution in [2.75, 3.05) is 0 Å². The molecule has 0 aromatic carbocycles. The zero-order valence-electron chi connectivity index (χ0n) is 11.8. The van der Waals surface area contributed by atoms with Gasteiger partial charge in [0.1, 0.15) is 5.82 Å². The second-order valence-electron chi connectivity index (χ2n) is 6.56. The molecule has 2 rings (SSSR count). The quantitative estimate of drug-likeness (QED) is 0.756. The first-order chi connectivity index (χ1) is 8.43. The van der Waals surface area contributed by atoms with Crippen molar-refractivity contribution < 1.29 is 0 Å². The standard InChI is InChI=1S/C15H23N3/c1-11-17-7-8-18(11)14-9-13(15(2,3)4)6-5-12(14)10-16/h7-8,12-14H,5-6,9H2,1-4H3. The fraction of sp³-hybridized carbons (Fsp3) is 0.733. The number of nitrogens with zero attached hydrogens (tertiary/aromatic N) is 3. The zero-order chi connectivity index (χ0) is 13.3. The van der Waals surface area contributed by atoms with Gasteiger partial charge in [-0.05, 0) is 37.5 Å². The Labute approximate surface area is 110 Å². The van der Waals surface area contributed by atoms with E-state index < -0.39 is 0 Å². The molecule has 0 bridgehead atoms. The fourth-order valence-corrected chi connectivity index (χ4v) is 3.13. The SMILES string of the molecule is Cc1nccn1C1CC(C(C)(C)C)CCC1C#N. The van der Waals surface area contributed by atoms with Gasteiger partial charge in [0.15, 0.2) is 0 Å². The number of hydrogen-bond donors (Lipinski definition) is 0. The van der Waals surface area contributed by atoms with Gasteiger partial charge in [0.25, 0.3) is 0 Å². The van der Waals surface area contributed by atoms with Gasteiger partial charge in [-0.3, -0.25) is 0 Å². The topological polar surface area (TPSA) is 41.6 Å². The highest BCUT2D eigenvalue weighted by Crippen LogP contribution is 2.44. The largest absolute Gasteiger partial charge is 0.331 e. The van der Waals surface area contributed by atoms with Gasteiger partial charge in [0.05, 0.1) is 18.0 Å². The average Bonchev–Trinajstić information content (AvgIpc) is 2.73. The van der Waals surface area contributed by atoms with Crippen LogP contribution in [0.1, 0.15) is 51.9 Å². The maximum atomic E-state index is 9.36. The summed E-state index contributed by atoms with van der Waals surface area (Å²) in [5.41, 5.74) is 0.327. The van der Waals surface area contributed by atoms with Gasteiger partial charge in [-0.1, -0.05) is 20.8 Å². The number of rotatable bonds is 1. The predicted octanol–water partition coefficient (Wildman–Crippen LogP) is 3.72. The summed E-state index contributed by atoms with van der Waals surface area (Å²) in [5, 5.41) is 9.36. The van der Waals surface area contributed by atoms with Gasteiger partial charge in [0.2, 0.25) is 0 Å². The van der Waals surface area contributed by atoms with Gasteiger partial charge < -0.3 is 4.57 Å². The molecule has 18 heavy (non-hydrogen) atoms. The molecule has 98 valence electrons. The molecule has 0 amide bonds. The van der Waals surface area contributed by atoms with Crippen LogP contribution in [0.4, 0.5) is 0 Å². The highest BCUT2D eigenvalue weighted by Gasteiger charge is 2.37. The molecule has 3 unspecified atom stereocenters. The second-order valence-corrected chi connectivity index (χ2v) is 6.56. The second kappa shape index (κ2) is 4.76. The van der Waals surface area contributed by atoms with Crippen LogP contribution >= 0.6 is 0 Å². The lowest BCUT2D eigenvalue weighted by molar-refractivity contribution is 0.121. The van der Waals surface area contributed by atoms with E-state index in [0.717, 1.165) is 18.7 Å². The first-order valence-corrected chi connectivity index (χ1v) is 6.82. The van der Waals surface area contributed by atoms with Crippen LogP contribution in [-0.2, 0) is 0 Å².